The number of hydrogen-bond donors (Lipinski definition) is 2. The molecule has 0 aliphatic heterocycles. The maximum absolute atomic E-state index is 8.51. The van der Waals surface area contributed by atoms with Gasteiger partial charge in [0, 0.05) is 18.0 Å². The molecule has 1 aromatic rings. The zero-order chi connectivity index (χ0) is 6.69. The molecular formula is C6H11N3O. The van der Waals surface area contributed by atoms with E-state index in [0.717, 1.165) is 0 Å². The molecule has 0 aliphatic rings. The van der Waals surface area contributed by atoms with E-state index >= 15 is 0 Å². The highest BCUT2D eigenvalue weighted by atomic mass is 16.3. The number of anilines is 1. The van der Waals surface area contributed by atoms with Gasteiger partial charge in [-0.05, 0) is 0 Å². The lowest BCUT2D eigenvalue weighted by atomic mass is 10.4. The van der Waals surface area contributed by atoms with Crippen molar-refractivity contribution in [3.05, 3.63) is 18.0 Å². The van der Waals surface area contributed by atoms with E-state index in [4.69, 9.17) is 10.8 Å². The molecule has 0 atom stereocenters. The zero-order valence-corrected chi connectivity index (χ0v) is 4.78. The summed E-state index contributed by atoms with van der Waals surface area (Å²) >= 11 is 0. The van der Waals surface area contributed by atoms with Crippen molar-refractivity contribution in [1.82, 2.24) is 9.97 Å². The number of aliphatic hydroxyl groups excluding tert-OH is 1. The summed E-state index contributed by atoms with van der Waals surface area (Å²) in [6.07, 6.45) is 2.98. The molecule has 1 rings (SSSR count). The maximum Gasteiger partial charge on any atom is 0.219 e. The van der Waals surface area contributed by atoms with E-state index in [1.165, 1.54) is 12.4 Å². The summed E-state index contributed by atoms with van der Waals surface area (Å²) in [6.45, 7) is -0.0414. The molecule has 0 aromatic carbocycles. The average molecular weight is 141 g/mol. The summed E-state index contributed by atoms with van der Waals surface area (Å²) in [5, 5.41) is 8.51. The first-order valence-electron chi connectivity index (χ1n) is 2.50. The minimum Gasteiger partial charge on any atom is -0.392 e. The minimum absolute atomic E-state index is 0. The molecule has 0 aliphatic carbocycles. The summed E-state index contributed by atoms with van der Waals surface area (Å²) in [5.74, 6) is 0.229. The molecule has 1 heterocycles. The van der Waals surface area contributed by atoms with Crippen molar-refractivity contribution >= 4 is 5.95 Å². The summed E-state index contributed by atoms with van der Waals surface area (Å²) < 4.78 is 0. The van der Waals surface area contributed by atoms with Gasteiger partial charge in [0.05, 0.1) is 6.61 Å². The maximum atomic E-state index is 8.51. The number of nitrogens with two attached hydrogens (primary N) is 1. The Hall–Kier alpha value is -1.16. The Kier molecular flexibility index (Phi) is 3.35. The average Bonchev–Trinajstić information content (AvgIpc) is 1.90. The second-order valence-electron chi connectivity index (χ2n) is 1.61. The second-order valence-corrected chi connectivity index (χ2v) is 1.61. The van der Waals surface area contributed by atoms with Gasteiger partial charge in [0.1, 0.15) is 0 Å². The van der Waals surface area contributed by atoms with E-state index in [2.05, 4.69) is 9.97 Å². The second kappa shape index (κ2) is 3.79. The Labute approximate surface area is 59.7 Å². The molecule has 0 saturated heterocycles. The fourth-order valence-corrected chi connectivity index (χ4v) is 0.446. The molecule has 0 amide bonds. The van der Waals surface area contributed by atoms with E-state index in [0.29, 0.717) is 5.56 Å². The quantitative estimate of drug-likeness (QED) is 0.585. The van der Waals surface area contributed by atoms with Crippen molar-refractivity contribution in [3.63, 3.8) is 0 Å². The van der Waals surface area contributed by atoms with Gasteiger partial charge in [-0.15, -0.1) is 0 Å². The van der Waals surface area contributed by atoms with Crippen molar-refractivity contribution in [1.29, 1.82) is 0 Å². The fraction of sp³-hybridized carbons (Fsp3) is 0.333. The topological polar surface area (TPSA) is 72.0 Å². The highest BCUT2D eigenvalue weighted by Crippen LogP contribution is 1.94. The van der Waals surface area contributed by atoms with Gasteiger partial charge in [0.15, 0.2) is 0 Å². The minimum atomic E-state index is -0.0414. The fourth-order valence-electron chi connectivity index (χ4n) is 0.446. The Morgan fingerprint density at radius 3 is 2.30 bits per heavy atom. The van der Waals surface area contributed by atoms with Crippen molar-refractivity contribution < 1.29 is 5.11 Å². The molecule has 0 unspecified atom stereocenters. The van der Waals surface area contributed by atoms with Crippen LogP contribution in [0.3, 0.4) is 0 Å². The molecule has 0 spiro atoms. The molecule has 4 nitrogen and oxygen atoms in total. The van der Waals surface area contributed by atoms with Gasteiger partial charge in [0.25, 0.3) is 0 Å². The molecule has 0 radical (unpaired) electrons. The van der Waals surface area contributed by atoms with Crippen LogP contribution in [0, 0.1) is 0 Å². The van der Waals surface area contributed by atoms with Crippen molar-refractivity contribution in [2.45, 2.75) is 14.0 Å². The van der Waals surface area contributed by atoms with Gasteiger partial charge in [-0.25, -0.2) is 9.97 Å². The normalized spacial score (nSPS) is 8.50. The van der Waals surface area contributed by atoms with Crippen LogP contribution < -0.4 is 5.73 Å². The smallest absolute Gasteiger partial charge is 0.219 e. The van der Waals surface area contributed by atoms with Crippen LogP contribution >= 0.6 is 0 Å². The first-order valence-corrected chi connectivity index (χ1v) is 2.50. The highest BCUT2D eigenvalue weighted by molar-refractivity contribution is 5.16. The largest absolute Gasteiger partial charge is 0.392 e. The SMILES string of the molecule is C.Nc1ncc(CO)cn1. The Morgan fingerprint density at radius 2 is 1.90 bits per heavy atom. The summed E-state index contributed by atoms with van der Waals surface area (Å²) in [7, 11) is 0. The van der Waals surface area contributed by atoms with Crippen LogP contribution in [0.25, 0.3) is 0 Å². The molecule has 3 N–H and O–H groups in total. The monoisotopic (exact) mass is 141 g/mol. The van der Waals surface area contributed by atoms with Crippen molar-refractivity contribution in [2.75, 3.05) is 5.73 Å². The summed E-state index contributed by atoms with van der Waals surface area (Å²) in [5.41, 5.74) is 5.85. The van der Waals surface area contributed by atoms with Crippen LogP contribution in [0.4, 0.5) is 5.95 Å². The number of nitrogens with zero attached hydrogens (tertiary/aromatic N) is 2. The number of nitrogen functional groups attached to an aromatic ring is 1. The molecule has 0 saturated carbocycles. The third-order valence-electron chi connectivity index (χ3n) is 0.908. The standard InChI is InChI=1S/C5H7N3O.CH4/c6-5-7-1-4(3-9)2-8-5;/h1-2,9H,3H2,(H2,6,7,8);1H4. The highest BCUT2D eigenvalue weighted by Gasteiger charge is 1.88. The van der Waals surface area contributed by atoms with E-state index < -0.39 is 0 Å². The van der Waals surface area contributed by atoms with Crippen LogP contribution in [-0.4, -0.2) is 15.1 Å². The molecule has 56 valence electrons. The van der Waals surface area contributed by atoms with Crippen LogP contribution in [-0.2, 0) is 6.61 Å². The number of aliphatic hydroxyl groups is 1. The molecule has 0 bridgehead atoms. The van der Waals surface area contributed by atoms with E-state index in [1.54, 1.807) is 0 Å². The third kappa shape index (κ3) is 1.99. The predicted molar refractivity (Wildman–Crippen MR) is 39.1 cm³/mol. The van der Waals surface area contributed by atoms with Crippen LogP contribution in [0.1, 0.15) is 13.0 Å². The van der Waals surface area contributed by atoms with Gasteiger partial charge in [-0.1, -0.05) is 7.43 Å². The summed E-state index contributed by atoms with van der Waals surface area (Å²) in [6, 6.07) is 0. The molecule has 0 fully saturated rings. The first kappa shape index (κ1) is 8.84. The van der Waals surface area contributed by atoms with Crippen LogP contribution in [0.15, 0.2) is 12.4 Å². The Bertz CT molecular complexity index is 185. The van der Waals surface area contributed by atoms with E-state index in [-0.39, 0.29) is 20.0 Å². The molecule has 10 heavy (non-hydrogen) atoms. The molecule has 1 aromatic heterocycles. The van der Waals surface area contributed by atoms with Crippen LogP contribution in [0.5, 0.6) is 0 Å². The Balaban J connectivity index is 0.000000810. The number of hydrogen-bond acceptors (Lipinski definition) is 4. The van der Waals surface area contributed by atoms with Gasteiger partial charge in [-0.2, -0.15) is 0 Å². The van der Waals surface area contributed by atoms with Crippen LogP contribution in [0.2, 0.25) is 0 Å². The van der Waals surface area contributed by atoms with E-state index in [9.17, 15) is 0 Å². The molecular weight excluding hydrogens is 130 g/mol. The number of rotatable bonds is 1. The summed E-state index contributed by atoms with van der Waals surface area (Å²) in [4.78, 5) is 7.31. The predicted octanol–water partition coefficient (Wildman–Crippen LogP) is 0.187. The van der Waals surface area contributed by atoms with Gasteiger partial charge >= 0.3 is 0 Å². The zero-order valence-electron chi connectivity index (χ0n) is 4.78. The van der Waals surface area contributed by atoms with E-state index in [1.807, 2.05) is 0 Å². The molecule has 4 heteroatoms. The lowest BCUT2D eigenvalue weighted by molar-refractivity contribution is 0.281. The lowest BCUT2D eigenvalue weighted by Gasteiger charge is -1.92. The van der Waals surface area contributed by atoms with Crippen molar-refractivity contribution in [3.8, 4) is 0 Å². The van der Waals surface area contributed by atoms with Crippen molar-refractivity contribution in [2.24, 2.45) is 0 Å². The number of aromatic nitrogens is 2. The van der Waals surface area contributed by atoms with Gasteiger partial charge in [-0.3, -0.25) is 0 Å². The first-order chi connectivity index (χ1) is 4.33. The Morgan fingerprint density at radius 1 is 1.40 bits per heavy atom. The third-order valence-corrected chi connectivity index (χ3v) is 0.908. The lowest BCUT2D eigenvalue weighted by Crippen LogP contribution is -1.95. The van der Waals surface area contributed by atoms with Gasteiger partial charge < -0.3 is 10.8 Å². The van der Waals surface area contributed by atoms with Gasteiger partial charge in [0.2, 0.25) is 5.95 Å².